The number of hydrogen-bond donors (Lipinski definition) is 1. The maximum atomic E-state index is 12.6. The molecule has 0 unspecified atom stereocenters. The molecule has 0 aliphatic carbocycles. The molecule has 108 valence electrons. The lowest BCUT2D eigenvalue weighted by Crippen LogP contribution is -2.27. The fourth-order valence-electron chi connectivity index (χ4n) is 2.21. The van der Waals surface area contributed by atoms with Gasteiger partial charge in [0.25, 0.3) is 5.56 Å². The highest BCUT2D eigenvalue weighted by Gasteiger charge is 2.18. The average Bonchev–Trinajstić information content (AvgIpc) is 2.63. The topological polar surface area (TPSA) is 72.2 Å². The molecule has 2 aromatic heterocycles. The third-order valence-corrected chi connectivity index (χ3v) is 4.49. The molecular weight excluding hydrogens is 276 g/mol. The quantitative estimate of drug-likeness (QED) is 0.941. The van der Waals surface area contributed by atoms with Gasteiger partial charge in [0.1, 0.15) is 10.7 Å². The van der Waals surface area contributed by atoms with Gasteiger partial charge < -0.3 is 5.11 Å². The molecule has 20 heavy (non-hydrogen) atoms. The number of aryl methyl sites for hydroxylation is 2. The number of carbonyl (C=O) groups is 1. The number of hydrogen-bond acceptors (Lipinski definition) is 4. The van der Waals surface area contributed by atoms with Crippen LogP contribution in [0, 0.1) is 13.8 Å². The molecular formula is C14H18N2O3S. The number of nitrogens with zero attached hydrogens (tertiary/aromatic N) is 2. The molecule has 0 aliphatic heterocycles. The molecule has 2 aromatic rings. The largest absolute Gasteiger partial charge is 0.481 e. The van der Waals surface area contributed by atoms with Crippen LogP contribution in [-0.2, 0) is 11.3 Å². The van der Waals surface area contributed by atoms with Crippen LogP contribution in [0.25, 0.3) is 10.2 Å². The zero-order valence-corrected chi connectivity index (χ0v) is 12.9. The Morgan fingerprint density at radius 1 is 1.40 bits per heavy atom. The number of aromatic nitrogens is 2. The van der Waals surface area contributed by atoms with Crippen LogP contribution in [0.15, 0.2) is 4.79 Å². The summed E-state index contributed by atoms with van der Waals surface area (Å²) in [6.45, 7) is 7.96. The molecule has 0 aliphatic rings. The first-order valence-electron chi connectivity index (χ1n) is 6.55. The molecule has 0 bridgehead atoms. The van der Waals surface area contributed by atoms with Crippen molar-refractivity contribution in [1.82, 2.24) is 9.55 Å². The van der Waals surface area contributed by atoms with Crippen LogP contribution in [-0.4, -0.2) is 20.6 Å². The first-order valence-corrected chi connectivity index (χ1v) is 7.36. The first kappa shape index (κ1) is 14.7. The summed E-state index contributed by atoms with van der Waals surface area (Å²) in [6.07, 6.45) is -0.0744. The minimum absolute atomic E-state index is 0.0728. The van der Waals surface area contributed by atoms with Crippen molar-refractivity contribution < 1.29 is 9.90 Å². The molecule has 0 amide bonds. The van der Waals surface area contributed by atoms with E-state index >= 15 is 0 Å². The lowest BCUT2D eigenvalue weighted by molar-refractivity contribution is -0.137. The van der Waals surface area contributed by atoms with E-state index in [0.717, 1.165) is 15.3 Å². The predicted molar refractivity (Wildman–Crippen MR) is 79.7 cm³/mol. The van der Waals surface area contributed by atoms with Gasteiger partial charge in [0.05, 0.1) is 11.8 Å². The molecule has 0 spiro atoms. The molecule has 0 saturated heterocycles. The Balaban J connectivity index is 2.71. The molecule has 6 heteroatoms. The van der Waals surface area contributed by atoms with Gasteiger partial charge in [0.2, 0.25) is 0 Å². The monoisotopic (exact) mass is 294 g/mol. The highest BCUT2D eigenvalue weighted by molar-refractivity contribution is 7.18. The van der Waals surface area contributed by atoms with Gasteiger partial charge in [0.15, 0.2) is 0 Å². The van der Waals surface area contributed by atoms with E-state index in [2.05, 4.69) is 4.98 Å². The summed E-state index contributed by atoms with van der Waals surface area (Å²) >= 11 is 1.52. The third kappa shape index (κ3) is 2.47. The number of carboxylic acid groups (broad SMARTS) is 1. The van der Waals surface area contributed by atoms with Gasteiger partial charge in [-0.15, -0.1) is 11.3 Å². The van der Waals surface area contributed by atoms with Crippen LogP contribution in [0.3, 0.4) is 0 Å². The Morgan fingerprint density at radius 3 is 2.60 bits per heavy atom. The smallest absolute Gasteiger partial charge is 0.305 e. The molecule has 1 N–H and O–H groups in total. The normalized spacial score (nSPS) is 11.4. The molecule has 5 nitrogen and oxygen atoms in total. The van der Waals surface area contributed by atoms with E-state index < -0.39 is 5.97 Å². The summed E-state index contributed by atoms with van der Waals surface area (Å²) in [4.78, 5) is 29.8. The standard InChI is InChI=1S/C14H18N2O3S/c1-7(2)12-15-13-11(8(3)9(4)20-13)14(19)16(12)6-5-10(17)18/h7H,5-6H2,1-4H3,(H,17,18). The van der Waals surface area contributed by atoms with Crippen molar-refractivity contribution in [2.24, 2.45) is 0 Å². The van der Waals surface area contributed by atoms with E-state index in [1.807, 2.05) is 27.7 Å². The summed E-state index contributed by atoms with van der Waals surface area (Å²) in [5.41, 5.74) is 0.823. The van der Waals surface area contributed by atoms with Crippen LogP contribution in [0.5, 0.6) is 0 Å². The summed E-state index contributed by atoms with van der Waals surface area (Å²) < 4.78 is 1.51. The zero-order valence-electron chi connectivity index (χ0n) is 12.1. The van der Waals surface area contributed by atoms with Crippen molar-refractivity contribution >= 4 is 27.5 Å². The Labute approximate surface area is 120 Å². The molecule has 2 rings (SSSR count). The molecule has 0 radical (unpaired) electrons. The second-order valence-corrected chi connectivity index (χ2v) is 6.39. The number of fused-ring (bicyclic) bond motifs is 1. The number of thiophene rings is 1. The van der Waals surface area contributed by atoms with Crippen molar-refractivity contribution in [1.29, 1.82) is 0 Å². The van der Waals surface area contributed by atoms with Crippen LogP contribution >= 0.6 is 11.3 Å². The Morgan fingerprint density at radius 2 is 2.05 bits per heavy atom. The van der Waals surface area contributed by atoms with Crippen molar-refractivity contribution in [2.45, 2.75) is 46.6 Å². The molecule has 0 fully saturated rings. The lowest BCUT2D eigenvalue weighted by Gasteiger charge is -2.14. The maximum absolute atomic E-state index is 12.6. The van der Waals surface area contributed by atoms with Gasteiger partial charge in [-0.3, -0.25) is 14.2 Å². The van der Waals surface area contributed by atoms with Crippen molar-refractivity contribution in [2.75, 3.05) is 0 Å². The molecule has 0 aromatic carbocycles. The third-order valence-electron chi connectivity index (χ3n) is 3.38. The average molecular weight is 294 g/mol. The molecule has 2 heterocycles. The lowest BCUT2D eigenvalue weighted by atomic mass is 10.1. The van der Waals surface area contributed by atoms with Gasteiger partial charge in [-0.2, -0.15) is 0 Å². The van der Waals surface area contributed by atoms with E-state index in [-0.39, 0.29) is 24.4 Å². The summed E-state index contributed by atoms with van der Waals surface area (Å²) in [5, 5.41) is 9.46. The minimum Gasteiger partial charge on any atom is -0.481 e. The minimum atomic E-state index is -0.912. The van der Waals surface area contributed by atoms with E-state index in [1.54, 1.807) is 0 Å². The van der Waals surface area contributed by atoms with Crippen molar-refractivity contribution in [3.8, 4) is 0 Å². The van der Waals surface area contributed by atoms with Crippen molar-refractivity contribution in [3.05, 3.63) is 26.6 Å². The predicted octanol–water partition coefficient (Wildman–Crippen LogP) is 2.67. The second kappa shape index (κ2) is 5.36. The second-order valence-electron chi connectivity index (χ2n) is 5.19. The number of carboxylic acids is 1. The van der Waals surface area contributed by atoms with E-state index in [4.69, 9.17) is 5.11 Å². The maximum Gasteiger partial charge on any atom is 0.305 e. The van der Waals surface area contributed by atoms with Crippen LogP contribution in [0.1, 0.15) is 42.5 Å². The van der Waals surface area contributed by atoms with E-state index in [1.165, 1.54) is 15.9 Å². The van der Waals surface area contributed by atoms with Gasteiger partial charge in [-0.25, -0.2) is 4.98 Å². The highest BCUT2D eigenvalue weighted by Crippen LogP contribution is 2.27. The van der Waals surface area contributed by atoms with Gasteiger partial charge in [-0.1, -0.05) is 13.8 Å². The number of rotatable bonds is 4. The summed E-state index contributed by atoms with van der Waals surface area (Å²) in [7, 11) is 0. The summed E-state index contributed by atoms with van der Waals surface area (Å²) in [5.74, 6) is -0.182. The Hall–Kier alpha value is -1.69. The van der Waals surface area contributed by atoms with Gasteiger partial charge >= 0.3 is 5.97 Å². The fraction of sp³-hybridized carbons (Fsp3) is 0.500. The first-order chi connectivity index (χ1) is 9.32. The van der Waals surface area contributed by atoms with Crippen LogP contribution in [0.4, 0.5) is 0 Å². The summed E-state index contributed by atoms with van der Waals surface area (Å²) in [6, 6.07) is 0. The zero-order chi connectivity index (χ0) is 15.0. The van der Waals surface area contributed by atoms with E-state index in [9.17, 15) is 9.59 Å². The van der Waals surface area contributed by atoms with Crippen LogP contribution in [0.2, 0.25) is 0 Å². The van der Waals surface area contributed by atoms with E-state index in [0.29, 0.717) is 11.2 Å². The van der Waals surface area contributed by atoms with Crippen LogP contribution < -0.4 is 5.56 Å². The SMILES string of the molecule is Cc1sc2nc(C(C)C)n(CCC(=O)O)c(=O)c2c1C. The van der Waals surface area contributed by atoms with Gasteiger partial charge in [0, 0.05) is 17.3 Å². The molecule has 0 saturated carbocycles. The number of aliphatic carboxylic acids is 1. The Bertz CT molecular complexity index is 728. The fourth-order valence-corrected chi connectivity index (χ4v) is 3.23. The van der Waals surface area contributed by atoms with Gasteiger partial charge in [-0.05, 0) is 19.4 Å². The molecule has 0 atom stereocenters. The highest BCUT2D eigenvalue weighted by atomic mass is 32.1. The van der Waals surface area contributed by atoms with Crippen molar-refractivity contribution in [3.63, 3.8) is 0 Å². The Kier molecular flexibility index (Phi) is 3.94.